The summed E-state index contributed by atoms with van der Waals surface area (Å²) in [6.07, 6.45) is 1.32. The number of rotatable bonds is 3. The zero-order valence-electron chi connectivity index (χ0n) is 43.8. The highest BCUT2D eigenvalue weighted by atomic mass is 32.1. The highest BCUT2D eigenvalue weighted by Crippen LogP contribution is 2.50. The molecule has 9 aromatic rings. The Hall–Kier alpha value is -5.16. The quantitative estimate of drug-likeness (QED) is 0.189. The van der Waals surface area contributed by atoms with Crippen LogP contribution >= 0.6 is 22.7 Å². The van der Waals surface area contributed by atoms with E-state index in [0.717, 1.165) is 11.3 Å². The normalized spacial score (nSPS) is 20.1. The Bertz CT molecular complexity index is 3720. The molecule has 0 N–H and O–H groups in total. The molecule has 222 valence electrons. The van der Waals surface area contributed by atoms with E-state index in [0.29, 0.717) is 41.8 Å². The monoisotopic (exact) mass is 656 g/mol. The zero-order valence-corrected chi connectivity index (χ0v) is 25.5. The maximum atomic E-state index is 9.56. The van der Waals surface area contributed by atoms with E-state index in [1.807, 2.05) is 0 Å². The van der Waals surface area contributed by atoms with Crippen molar-refractivity contribution in [3.63, 3.8) is 0 Å². The summed E-state index contributed by atoms with van der Waals surface area (Å²) >= 11 is 2.31. The first-order valence-corrected chi connectivity index (χ1v) is 16.0. The second-order valence-corrected chi connectivity index (χ2v) is 13.1. The molecule has 1 aliphatic carbocycles. The molecule has 0 aliphatic heterocycles. The number of thiophene rings is 2. The summed E-state index contributed by atoms with van der Waals surface area (Å²) in [5.41, 5.74) is -3.81. The minimum absolute atomic E-state index is 0.103. The van der Waals surface area contributed by atoms with Crippen LogP contribution in [0, 0.1) is 0 Å². The highest BCUT2D eigenvalue weighted by Gasteiger charge is 2.35. The smallest absolute Gasteiger partial charge is 0.116 e. The van der Waals surface area contributed by atoms with Crippen LogP contribution in [-0.2, 0) is 5.41 Å². The molecule has 47 heavy (non-hydrogen) atoms. The summed E-state index contributed by atoms with van der Waals surface area (Å²) in [6.45, 7) is -7.10. The molecule has 6 aromatic carbocycles. The predicted molar refractivity (Wildman–Crippen MR) is 202 cm³/mol. The lowest BCUT2D eigenvalue weighted by Gasteiger charge is -2.22. The van der Waals surface area contributed by atoms with Crippen LogP contribution in [0.4, 0.5) is 0 Å². The molecule has 2 nitrogen and oxygen atoms in total. The van der Waals surface area contributed by atoms with E-state index < -0.39 is 102 Å². The summed E-state index contributed by atoms with van der Waals surface area (Å²) in [5.74, 6) is 0. The third kappa shape index (κ3) is 3.95. The fourth-order valence-electron chi connectivity index (χ4n) is 6.22. The van der Waals surface area contributed by atoms with Gasteiger partial charge in [-0.15, -0.1) is 22.7 Å². The van der Waals surface area contributed by atoms with Crippen LogP contribution < -0.4 is 0 Å². The molecule has 3 heterocycles. The summed E-state index contributed by atoms with van der Waals surface area (Å²) in [4.78, 5) is 9.19. The van der Waals surface area contributed by atoms with Gasteiger partial charge in [-0.25, -0.2) is 9.97 Å². The summed E-state index contributed by atoms with van der Waals surface area (Å²) in [6, 6.07) is 3.65. The molecule has 0 saturated heterocycles. The van der Waals surface area contributed by atoms with Crippen molar-refractivity contribution in [2.24, 2.45) is 0 Å². The van der Waals surface area contributed by atoms with Crippen LogP contribution in [0.2, 0.25) is 0 Å². The van der Waals surface area contributed by atoms with E-state index in [9.17, 15) is 4.11 Å². The lowest BCUT2D eigenvalue weighted by molar-refractivity contribution is 0.660. The average molecular weight is 657 g/mol. The van der Waals surface area contributed by atoms with Crippen molar-refractivity contribution in [2.75, 3.05) is 0 Å². The topological polar surface area (TPSA) is 25.8 Å². The van der Waals surface area contributed by atoms with Crippen LogP contribution in [0.15, 0.2) is 133 Å². The first kappa shape index (κ1) is 13.9. The van der Waals surface area contributed by atoms with Crippen LogP contribution in [0.25, 0.3) is 85.1 Å². The third-order valence-corrected chi connectivity index (χ3v) is 10.7. The molecule has 0 radical (unpaired) electrons. The molecule has 0 fully saturated rings. The predicted octanol–water partition coefficient (Wildman–Crippen LogP) is 12.5. The number of fused-ring (bicyclic) bond motifs is 9. The number of benzene rings is 6. The third-order valence-electron chi connectivity index (χ3n) is 8.40. The fraction of sp³-hybridized carbons (Fsp3) is 0.0698. The van der Waals surface area contributed by atoms with Gasteiger partial charge in [-0.3, -0.25) is 0 Å². The fourth-order valence-corrected chi connectivity index (χ4v) is 8.45. The Kier molecular flexibility index (Phi) is 2.93. The second-order valence-electron chi connectivity index (χ2n) is 11.1. The Morgan fingerprint density at radius 1 is 0.596 bits per heavy atom. The Labute approximate surface area is 308 Å². The molecule has 0 bridgehead atoms. The molecule has 10 rings (SSSR count). The van der Waals surface area contributed by atoms with Gasteiger partial charge in [0, 0.05) is 49.5 Å². The molecule has 0 amide bonds. The van der Waals surface area contributed by atoms with E-state index in [-0.39, 0.29) is 56.3 Å². The van der Waals surface area contributed by atoms with Gasteiger partial charge in [-0.2, -0.15) is 0 Å². The van der Waals surface area contributed by atoms with Crippen LogP contribution in [0.1, 0.15) is 52.2 Å². The Balaban J connectivity index is 1.17. The lowest BCUT2D eigenvalue weighted by atomic mass is 9.81. The second kappa shape index (κ2) is 9.92. The van der Waals surface area contributed by atoms with Gasteiger partial charge in [0.05, 0.1) is 35.1 Å². The van der Waals surface area contributed by atoms with Crippen molar-refractivity contribution < 1.29 is 27.4 Å². The van der Waals surface area contributed by atoms with Crippen molar-refractivity contribution in [1.29, 1.82) is 0 Å². The van der Waals surface area contributed by atoms with Gasteiger partial charge in [0.1, 0.15) is 6.33 Å². The minimum Gasteiger partial charge on any atom is -0.235 e. The lowest BCUT2D eigenvalue weighted by Crippen LogP contribution is -2.14. The first-order valence-electron chi connectivity index (χ1n) is 24.3. The molecule has 0 atom stereocenters. The van der Waals surface area contributed by atoms with Crippen molar-refractivity contribution in [3.05, 3.63) is 145 Å². The van der Waals surface area contributed by atoms with Crippen molar-refractivity contribution in [1.82, 2.24) is 9.97 Å². The summed E-state index contributed by atoms with van der Waals surface area (Å²) in [7, 11) is 0. The molecular formula is C43H28N2S2. The maximum Gasteiger partial charge on any atom is 0.116 e. The van der Waals surface area contributed by atoms with Crippen LogP contribution in [0.3, 0.4) is 0 Å². The zero-order chi connectivity index (χ0) is 48.5. The number of nitrogens with zero attached hydrogens (tertiary/aromatic N) is 2. The van der Waals surface area contributed by atoms with Gasteiger partial charge in [0.25, 0.3) is 0 Å². The van der Waals surface area contributed by atoms with Gasteiger partial charge < -0.3 is 0 Å². The minimum atomic E-state index is -3.55. The molecular weight excluding hydrogens is 609 g/mol. The van der Waals surface area contributed by atoms with Gasteiger partial charge >= 0.3 is 0 Å². The van der Waals surface area contributed by atoms with Crippen molar-refractivity contribution >= 4 is 63.1 Å². The van der Waals surface area contributed by atoms with E-state index >= 15 is 0 Å². The van der Waals surface area contributed by atoms with Gasteiger partial charge in [0.2, 0.25) is 0 Å². The summed E-state index contributed by atoms with van der Waals surface area (Å²) < 4.78 is 176. The van der Waals surface area contributed by atoms with E-state index in [4.69, 9.17) is 23.3 Å². The van der Waals surface area contributed by atoms with Gasteiger partial charge in [0.15, 0.2) is 0 Å². The first-order chi connectivity index (χ1) is 31.4. The van der Waals surface area contributed by atoms with Crippen molar-refractivity contribution in [2.45, 2.75) is 19.1 Å². The number of hydrogen-bond acceptors (Lipinski definition) is 4. The SMILES string of the molecule is [2H]c1c([2H])c([2H])c2c(c1[2H])-c1c([2H])c([2H])c(-c3ccc4sc5c(-c6cccc(-c7c([2H])c([2H])c([2H])c8c7sc7c([2H])c([2H])c([2H])c([2H])c78)c6)ncnc5c4c3)c([2H])c1C2(C([2H])([2H])[2H])C([2H])([2H])[2H]. The standard InChI is InChI=1S/C43H28N2S2/c1-43(2)35-15-5-3-11-30(35)31-19-17-26(23-36(31)43)25-18-20-38-34(22-25)40-42(47-38)39(44-24-45-40)28-10-7-9-27(21-28)29-13-8-14-33-32-12-4-6-16-37(32)46-41(29)33/h3-24H,1-2H3/i1D3,2D3,3D,4D,5D,6D,8D,11D,12D,13D,14D,15D,16D,17D,19D,23D. The van der Waals surface area contributed by atoms with Gasteiger partial charge in [-0.1, -0.05) is 110 Å². The van der Waals surface area contributed by atoms with Crippen molar-refractivity contribution in [3.8, 4) is 44.6 Å². The molecule has 0 saturated carbocycles. The molecule has 0 unspecified atom stereocenters. The van der Waals surface area contributed by atoms with E-state index in [1.54, 1.807) is 36.4 Å². The molecule has 1 aliphatic rings. The van der Waals surface area contributed by atoms with E-state index in [1.165, 1.54) is 23.7 Å². The molecule has 4 heteroatoms. The van der Waals surface area contributed by atoms with E-state index in [2.05, 4.69) is 9.97 Å². The number of aromatic nitrogens is 2. The number of hydrogen-bond donors (Lipinski definition) is 0. The maximum absolute atomic E-state index is 9.56. The Morgan fingerprint density at radius 2 is 1.40 bits per heavy atom. The van der Waals surface area contributed by atoms with Gasteiger partial charge in [-0.05, 0) is 74.8 Å². The largest absolute Gasteiger partial charge is 0.235 e. The average Bonchev–Trinajstić information content (AvgIpc) is 3.97. The Morgan fingerprint density at radius 3 is 2.36 bits per heavy atom. The van der Waals surface area contributed by atoms with Crippen LogP contribution in [-0.4, -0.2) is 9.97 Å². The molecule has 0 spiro atoms. The summed E-state index contributed by atoms with van der Waals surface area (Å²) in [5, 5.41) is 0.740. The molecule has 3 aromatic heterocycles. The highest BCUT2D eigenvalue weighted by molar-refractivity contribution is 7.26. The van der Waals surface area contributed by atoms with Crippen LogP contribution in [0.5, 0.6) is 0 Å².